The summed E-state index contributed by atoms with van der Waals surface area (Å²) in [4.78, 5) is 0. The molecule has 46 valence electrons. The van der Waals surface area contributed by atoms with Crippen molar-refractivity contribution in [1.29, 1.82) is 0 Å². The van der Waals surface area contributed by atoms with E-state index in [9.17, 15) is 0 Å². The first kappa shape index (κ1) is 6.11. The van der Waals surface area contributed by atoms with Gasteiger partial charge in [-0.05, 0) is 12.2 Å². The summed E-state index contributed by atoms with van der Waals surface area (Å²) in [6.45, 7) is 0. The van der Waals surface area contributed by atoms with Gasteiger partial charge in [0.2, 0.25) is 0 Å². The molecule has 0 heterocycles. The van der Waals surface area contributed by atoms with Crippen molar-refractivity contribution in [1.82, 2.24) is 0 Å². The molecule has 1 aliphatic rings. The van der Waals surface area contributed by atoms with Crippen LogP contribution in [0.1, 0.15) is 19.3 Å². The molecule has 0 aromatic heterocycles. The van der Waals surface area contributed by atoms with Gasteiger partial charge in [-0.15, -0.1) is 0 Å². The summed E-state index contributed by atoms with van der Waals surface area (Å²) in [5.41, 5.74) is 0. The van der Waals surface area contributed by atoms with Gasteiger partial charge in [0.25, 0.3) is 0 Å². The van der Waals surface area contributed by atoms with Gasteiger partial charge in [0.1, 0.15) is 0 Å². The summed E-state index contributed by atoms with van der Waals surface area (Å²) in [5.74, 6) is 0.606. The van der Waals surface area contributed by atoms with E-state index < -0.39 is 7.12 Å². The second-order valence-corrected chi connectivity index (χ2v) is 2.51. The molecule has 0 aromatic carbocycles. The fraction of sp³-hybridized carbons (Fsp3) is 1.00. The zero-order valence-corrected chi connectivity index (χ0v) is 4.88. The largest absolute Gasteiger partial charge is 0.451 e. The van der Waals surface area contributed by atoms with Crippen molar-refractivity contribution < 1.29 is 10.0 Å². The second kappa shape index (κ2) is 2.51. The van der Waals surface area contributed by atoms with Crippen molar-refractivity contribution in [2.24, 2.45) is 5.92 Å². The monoisotopic (exact) mass is 114 g/mol. The molecule has 2 N–H and O–H groups in total. The van der Waals surface area contributed by atoms with Gasteiger partial charge in [-0.1, -0.05) is 19.3 Å². The first-order valence-corrected chi connectivity index (χ1v) is 3.15. The summed E-state index contributed by atoms with van der Waals surface area (Å²) in [7, 11) is -1.07. The molecule has 0 saturated heterocycles. The van der Waals surface area contributed by atoms with Gasteiger partial charge in [0.05, 0.1) is 0 Å². The van der Waals surface area contributed by atoms with Gasteiger partial charge in [-0.25, -0.2) is 0 Å². The Labute approximate surface area is 49.7 Å². The Balaban J connectivity index is 2.01. The average Bonchev–Trinajstić information content (AvgIpc) is 1.55. The molecule has 0 aliphatic heterocycles. The van der Waals surface area contributed by atoms with Crippen LogP contribution in [0.15, 0.2) is 0 Å². The Bertz CT molecular complexity index is 70.8. The predicted octanol–water partition coefficient (Wildman–Crippen LogP) is 0.259. The van der Waals surface area contributed by atoms with Crippen LogP contribution in [0.2, 0.25) is 6.32 Å². The molecule has 0 aromatic rings. The highest BCUT2D eigenvalue weighted by atomic mass is 16.4. The molecular weight excluding hydrogens is 103 g/mol. The summed E-state index contributed by atoms with van der Waals surface area (Å²) in [6, 6.07) is 0. The van der Waals surface area contributed by atoms with Gasteiger partial charge in [-0.2, -0.15) is 0 Å². The zero-order chi connectivity index (χ0) is 5.98. The van der Waals surface area contributed by atoms with E-state index in [1.807, 2.05) is 0 Å². The third-order valence-electron chi connectivity index (χ3n) is 1.77. The lowest BCUT2D eigenvalue weighted by Gasteiger charge is -2.24. The molecule has 0 amide bonds. The third-order valence-corrected chi connectivity index (χ3v) is 1.77. The van der Waals surface area contributed by atoms with Gasteiger partial charge < -0.3 is 10.0 Å². The molecule has 0 atom stereocenters. The maximum atomic E-state index is 8.44. The SMILES string of the molecule is OB(O)CC1CCC1. The van der Waals surface area contributed by atoms with Crippen LogP contribution < -0.4 is 0 Å². The molecule has 0 unspecified atom stereocenters. The average molecular weight is 114 g/mol. The van der Waals surface area contributed by atoms with Crippen LogP contribution in [0.25, 0.3) is 0 Å². The zero-order valence-electron chi connectivity index (χ0n) is 4.88. The van der Waals surface area contributed by atoms with Crippen molar-refractivity contribution in [3.8, 4) is 0 Å². The molecule has 3 heteroatoms. The summed E-state index contributed by atoms with van der Waals surface area (Å²) in [6.07, 6.45) is 4.24. The minimum atomic E-state index is -1.07. The van der Waals surface area contributed by atoms with E-state index in [2.05, 4.69) is 0 Å². The van der Waals surface area contributed by atoms with Gasteiger partial charge in [-0.3, -0.25) is 0 Å². The van der Waals surface area contributed by atoms with Crippen molar-refractivity contribution in [3.63, 3.8) is 0 Å². The molecule has 0 bridgehead atoms. The Kier molecular flexibility index (Phi) is 1.92. The summed E-state index contributed by atoms with van der Waals surface area (Å²) < 4.78 is 0. The number of rotatable bonds is 2. The normalized spacial score (nSPS) is 20.2. The van der Waals surface area contributed by atoms with Crippen molar-refractivity contribution in [3.05, 3.63) is 0 Å². The van der Waals surface area contributed by atoms with Crippen molar-refractivity contribution in [2.75, 3.05) is 0 Å². The second-order valence-electron chi connectivity index (χ2n) is 2.51. The topological polar surface area (TPSA) is 40.5 Å². The number of hydrogen-bond donors (Lipinski definition) is 2. The molecule has 8 heavy (non-hydrogen) atoms. The van der Waals surface area contributed by atoms with Crippen LogP contribution in [-0.4, -0.2) is 17.2 Å². The highest BCUT2D eigenvalue weighted by Gasteiger charge is 2.22. The highest BCUT2D eigenvalue weighted by Crippen LogP contribution is 2.29. The standard InChI is InChI=1S/C5H11BO2/c7-6(8)4-5-2-1-3-5/h5,7-8H,1-4H2. The van der Waals surface area contributed by atoms with Crippen LogP contribution in [0.5, 0.6) is 0 Å². The lowest BCUT2D eigenvalue weighted by atomic mass is 9.70. The van der Waals surface area contributed by atoms with Crippen LogP contribution >= 0.6 is 0 Å². The lowest BCUT2D eigenvalue weighted by molar-refractivity contribution is 0.308. The lowest BCUT2D eigenvalue weighted by Crippen LogP contribution is -2.21. The molecule has 1 fully saturated rings. The highest BCUT2D eigenvalue weighted by molar-refractivity contribution is 6.41. The molecule has 0 radical (unpaired) electrons. The van der Waals surface area contributed by atoms with E-state index in [-0.39, 0.29) is 0 Å². The number of hydrogen-bond acceptors (Lipinski definition) is 2. The maximum absolute atomic E-state index is 8.44. The van der Waals surface area contributed by atoms with Crippen molar-refractivity contribution >= 4 is 7.12 Å². The Morgan fingerprint density at radius 2 is 2.00 bits per heavy atom. The molecule has 1 aliphatic carbocycles. The Morgan fingerprint density at radius 3 is 2.12 bits per heavy atom. The smallest absolute Gasteiger partial charge is 0.427 e. The van der Waals surface area contributed by atoms with E-state index in [1.165, 1.54) is 19.3 Å². The molecular formula is C5H11BO2. The van der Waals surface area contributed by atoms with E-state index in [0.29, 0.717) is 12.2 Å². The Morgan fingerprint density at radius 1 is 1.38 bits per heavy atom. The first-order valence-electron chi connectivity index (χ1n) is 3.15. The summed E-state index contributed by atoms with van der Waals surface area (Å²) >= 11 is 0. The van der Waals surface area contributed by atoms with Gasteiger partial charge >= 0.3 is 7.12 Å². The van der Waals surface area contributed by atoms with Crippen LogP contribution in [0.4, 0.5) is 0 Å². The van der Waals surface area contributed by atoms with E-state index in [0.717, 1.165) is 0 Å². The summed E-state index contributed by atoms with van der Waals surface area (Å²) in [5, 5.41) is 16.9. The molecule has 1 saturated carbocycles. The first-order chi connectivity index (χ1) is 3.79. The van der Waals surface area contributed by atoms with Crippen LogP contribution in [0.3, 0.4) is 0 Å². The predicted molar refractivity (Wildman–Crippen MR) is 32.3 cm³/mol. The van der Waals surface area contributed by atoms with E-state index in [1.54, 1.807) is 0 Å². The minimum absolute atomic E-state index is 0.583. The van der Waals surface area contributed by atoms with E-state index >= 15 is 0 Å². The minimum Gasteiger partial charge on any atom is -0.427 e. The van der Waals surface area contributed by atoms with Gasteiger partial charge in [0.15, 0.2) is 0 Å². The molecule has 0 spiro atoms. The maximum Gasteiger partial charge on any atom is 0.451 e. The fourth-order valence-electron chi connectivity index (χ4n) is 1.03. The third kappa shape index (κ3) is 1.49. The van der Waals surface area contributed by atoms with Crippen molar-refractivity contribution in [2.45, 2.75) is 25.6 Å². The molecule has 2 nitrogen and oxygen atoms in total. The Hall–Kier alpha value is -0.0151. The van der Waals surface area contributed by atoms with Gasteiger partial charge in [0, 0.05) is 0 Å². The van der Waals surface area contributed by atoms with E-state index in [4.69, 9.17) is 10.0 Å². The van der Waals surface area contributed by atoms with Crippen LogP contribution in [-0.2, 0) is 0 Å². The van der Waals surface area contributed by atoms with Crippen LogP contribution in [0, 0.1) is 5.92 Å². The molecule has 1 rings (SSSR count). The fourth-order valence-corrected chi connectivity index (χ4v) is 1.03. The quantitative estimate of drug-likeness (QED) is 0.505.